The molecule has 3 rings (SSSR count). The van der Waals surface area contributed by atoms with Gasteiger partial charge in [0.1, 0.15) is 0 Å². The highest BCUT2D eigenvalue weighted by Crippen LogP contribution is 2.08. The van der Waals surface area contributed by atoms with E-state index in [4.69, 9.17) is 0 Å². The van der Waals surface area contributed by atoms with Crippen molar-refractivity contribution in [1.82, 2.24) is 14.3 Å². The molecular weight excluding hydrogens is 310 g/mol. The first-order chi connectivity index (χ1) is 11.6. The van der Waals surface area contributed by atoms with Crippen molar-refractivity contribution in [1.29, 1.82) is 0 Å². The standard InChI is InChI=1S/C17H15N3O4/c1-24-15(21)13-7-9-14(10-8-13)20-17(23)19(16(22)18-20)11-12-5-3-2-4-6-12/h2-10H,11H2,1H3,(H,18,22). The van der Waals surface area contributed by atoms with E-state index in [0.29, 0.717) is 11.3 Å². The third kappa shape index (κ3) is 2.91. The lowest BCUT2D eigenvalue weighted by Crippen LogP contribution is -2.28. The number of methoxy groups -OCH3 is 1. The predicted octanol–water partition coefficient (Wildman–Crippen LogP) is 1.16. The molecule has 0 spiro atoms. The second-order valence-corrected chi connectivity index (χ2v) is 5.15. The van der Waals surface area contributed by atoms with Crippen LogP contribution in [-0.4, -0.2) is 27.4 Å². The van der Waals surface area contributed by atoms with Crippen LogP contribution in [0, 0.1) is 0 Å². The number of ether oxygens (including phenoxy) is 1. The number of hydrogen-bond acceptors (Lipinski definition) is 4. The van der Waals surface area contributed by atoms with Gasteiger partial charge in [-0.1, -0.05) is 30.3 Å². The number of H-pyrrole nitrogens is 1. The minimum atomic E-state index is -0.499. The Balaban J connectivity index is 1.96. The number of carbonyl (C=O) groups is 1. The van der Waals surface area contributed by atoms with Gasteiger partial charge in [0.2, 0.25) is 0 Å². The van der Waals surface area contributed by atoms with Gasteiger partial charge in [0.25, 0.3) is 0 Å². The Kier molecular flexibility index (Phi) is 4.15. The van der Waals surface area contributed by atoms with E-state index in [2.05, 4.69) is 9.84 Å². The maximum absolute atomic E-state index is 12.5. The SMILES string of the molecule is COC(=O)c1ccc(-n2[nH]c(=O)n(Cc3ccccc3)c2=O)cc1. The molecular formula is C17H15N3O4. The van der Waals surface area contributed by atoms with Crippen LogP contribution in [-0.2, 0) is 11.3 Å². The van der Waals surface area contributed by atoms with Crippen LogP contribution in [0.1, 0.15) is 15.9 Å². The van der Waals surface area contributed by atoms with Crippen LogP contribution in [0.5, 0.6) is 0 Å². The molecule has 0 unspecified atom stereocenters. The lowest BCUT2D eigenvalue weighted by Gasteiger charge is -2.03. The van der Waals surface area contributed by atoms with Gasteiger partial charge in [0.15, 0.2) is 0 Å². The van der Waals surface area contributed by atoms with Crippen LogP contribution >= 0.6 is 0 Å². The number of hydrogen-bond donors (Lipinski definition) is 1. The molecule has 0 bridgehead atoms. The number of nitrogens with one attached hydrogen (secondary N) is 1. The Morgan fingerprint density at radius 1 is 1.04 bits per heavy atom. The van der Waals surface area contributed by atoms with Crippen molar-refractivity contribution in [3.05, 3.63) is 86.7 Å². The van der Waals surface area contributed by atoms with Crippen LogP contribution in [0.2, 0.25) is 0 Å². The minimum absolute atomic E-state index is 0.183. The van der Waals surface area contributed by atoms with E-state index in [1.54, 1.807) is 12.1 Å². The molecule has 0 aliphatic carbocycles. The maximum Gasteiger partial charge on any atom is 0.352 e. The van der Waals surface area contributed by atoms with Crippen LogP contribution in [0.25, 0.3) is 5.69 Å². The zero-order valence-electron chi connectivity index (χ0n) is 12.9. The van der Waals surface area contributed by atoms with Crippen molar-refractivity contribution in [2.45, 2.75) is 6.54 Å². The first kappa shape index (κ1) is 15.5. The van der Waals surface area contributed by atoms with Gasteiger partial charge in [-0.2, -0.15) is 0 Å². The van der Waals surface area contributed by atoms with Crippen molar-refractivity contribution in [3.63, 3.8) is 0 Å². The number of rotatable bonds is 4. The monoisotopic (exact) mass is 325 g/mol. The van der Waals surface area contributed by atoms with Gasteiger partial charge in [0, 0.05) is 0 Å². The van der Waals surface area contributed by atoms with Gasteiger partial charge in [-0.15, -0.1) is 0 Å². The molecule has 0 fully saturated rings. The third-order valence-electron chi connectivity index (χ3n) is 3.60. The molecule has 2 aromatic carbocycles. The fourth-order valence-corrected chi connectivity index (χ4v) is 2.36. The van der Waals surface area contributed by atoms with Gasteiger partial charge >= 0.3 is 17.3 Å². The van der Waals surface area contributed by atoms with Gasteiger partial charge in [-0.3, -0.25) is 0 Å². The topological polar surface area (TPSA) is 86.1 Å². The summed E-state index contributed by atoms with van der Waals surface area (Å²) in [5.41, 5.74) is 0.691. The van der Waals surface area contributed by atoms with E-state index in [-0.39, 0.29) is 6.54 Å². The van der Waals surface area contributed by atoms with Crippen molar-refractivity contribution < 1.29 is 9.53 Å². The van der Waals surface area contributed by atoms with Gasteiger partial charge in [0.05, 0.1) is 24.9 Å². The normalized spacial score (nSPS) is 10.5. The fraction of sp³-hybridized carbons (Fsp3) is 0.118. The molecule has 7 heteroatoms. The van der Waals surface area contributed by atoms with E-state index in [1.807, 2.05) is 30.3 Å². The molecule has 0 saturated heterocycles. The van der Waals surface area contributed by atoms with E-state index >= 15 is 0 Å². The molecule has 0 aliphatic heterocycles. The molecule has 24 heavy (non-hydrogen) atoms. The van der Waals surface area contributed by atoms with Crippen molar-refractivity contribution >= 4 is 5.97 Å². The van der Waals surface area contributed by atoms with Crippen LogP contribution in [0.4, 0.5) is 0 Å². The average molecular weight is 325 g/mol. The summed E-state index contributed by atoms with van der Waals surface area (Å²) in [7, 11) is 1.29. The highest BCUT2D eigenvalue weighted by molar-refractivity contribution is 5.89. The van der Waals surface area contributed by atoms with Crippen LogP contribution in [0.3, 0.4) is 0 Å². The smallest absolute Gasteiger partial charge is 0.352 e. The summed E-state index contributed by atoms with van der Waals surface area (Å²) in [5, 5.41) is 2.51. The van der Waals surface area contributed by atoms with E-state index < -0.39 is 17.3 Å². The highest BCUT2D eigenvalue weighted by Gasteiger charge is 2.12. The van der Waals surface area contributed by atoms with Gasteiger partial charge < -0.3 is 4.74 Å². The molecule has 0 aliphatic rings. The van der Waals surface area contributed by atoms with Gasteiger partial charge in [-0.05, 0) is 29.8 Å². The van der Waals surface area contributed by atoms with E-state index in [1.165, 1.54) is 19.2 Å². The van der Waals surface area contributed by atoms with Crippen LogP contribution < -0.4 is 11.4 Å². The third-order valence-corrected chi connectivity index (χ3v) is 3.60. The summed E-state index contributed by atoms with van der Waals surface area (Å²) >= 11 is 0. The molecule has 1 N–H and O–H groups in total. The highest BCUT2D eigenvalue weighted by atomic mass is 16.5. The maximum atomic E-state index is 12.5. The van der Waals surface area contributed by atoms with Crippen molar-refractivity contribution in [3.8, 4) is 5.69 Å². The summed E-state index contributed by atoms with van der Waals surface area (Å²) in [6.45, 7) is 0.183. The summed E-state index contributed by atoms with van der Waals surface area (Å²) in [6.07, 6.45) is 0. The van der Waals surface area contributed by atoms with Gasteiger partial charge in [-0.25, -0.2) is 28.7 Å². The Bertz CT molecular complexity index is 966. The second kappa shape index (κ2) is 6.41. The Labute approximate surface area is 136 Å². The number of aromatic nitrogens is 3. The molecule has 7 nitrogen and oxygen atoms in total. The molecule has 1 heterocycles. The number of nitrogens with zero attached hydrogens (tertiary/aromatic N) is 2. The molecule has 1 aromatic heterocycles. The number of carbonyl (C=O) groups excluding carboxylic acids is 1. The van der Waals surface area contributed by atoms with Crippen molar-refractivity contribution in [2.75, 3.05) is 7.11 Å². The van der Waals surface area contributed by atoms with E-state index in [0.717, 1.165) is 14.8 Å². The lowest BCUT2D eigenvalue weighted by atomic mass is 10.2. The molecule has 122 valence electrons. The number of benzene rings is 2. The Hall–Kier alpha value is -3.35. The molecule has 0 radical (unpaired) electrons. The Morgan fingerprint density at radius 2 is 1.71 bits per heavy atom. The largest absolute Gasteiger partial charge is 0.465 e. The lowest BCUT2D eigenvalue weighted by molar-refractivity contribution is 0.0600. The molecule has 0 saturated carbocycles. The average Bonchev–Trinajstić information content (AvgIpc) is 2.90. The quantitative estimate of drug-likeness (QED) is 0.729. The molecule has 0 amide bonds. The summed E-state index contributed by atoms with van der Waals surface area (Å²) < 4.78 is 6.89. The predicted molar refractivity (Wildman–Crippen MR) is 87.5 cm³/mol. The van der Waals surface area contributed by atoms with E-state index in [9.17, 15) is 14.4 Å². The number of aromatic amines is 1. The summed E-state index contributed by atoms with van der Waals surface area (Å²) in [4.78, 5) is 36.0. The minimum Gasteiger partial charge on any atom is -0.465 e. The second-order valence-electron chi connectivity index (χ2n) is 5.15. The zero-order valence-corrected chi connectivity index (χ0v) is 12.9. The summed E-state index contributed by atoms with van der Waals surface area (Å²) in [5.74, 6) is -0.468. The first-order valence-corrected chi connectivity index (χ1v) is 7.24. The first-order valence-electron chi connectivity index (χ1n) is 7.24. The molecule has 3 aromatic rings. The molecule has 0 atom stereocenters. The fourth-order valence-electron chi connectivity index (χ4n) is 2.36. The summed E-state index contributed by atoms with van der Waals surface area (Å²) in [6, 6.07) is 15.4. The number of esters is 1. The Morgan fingerprint density at radius 3 is 2.33 bits per heavy atom. The van der Waals surface area contributed by atoms with Crippen molar-refractivity contribution in [2.24, 2.45) is 0 Å². The zero-order chi connectivity index (χ0) is 17.1. The van der Waals surface area contributed by atoms with Crippen LogP contribution in [0.15, 0.2) is 64.2 Å².